The Balaban J connectivity index is 1.75. The molecule has 4 rings (SSSR count). The van der Waals surface area contributed by atoms with Gasteiger partial charge in [0.2, 0.25) is 0 Å². The Kier molecular flexibility index (Phi) is 6.73. The van der Waals surface area contributed by atoms with Crippen molar-refractivity contribution in [1.29, 1.82) is 0 Å². The third kappa shape index (κ3) is 4.99. The predicted octanol–water partition coefficient (Wildman–Crippen LogP) is 6.97. The number of aliphatic imine (C=N–C) groups is 1. The Hall–Kier alpha value is -2.24. The molecule has 0 saturated heterocycles. The Labute approximate surface area is 196 Å². The van der Waals surface area contributed by atoms with Crippen LogP contribution in [0.4, 0.5) is 0 Å². The second kappa shape index (κ2) is 9.49. The summed E-state index contributed by atoms with van der Waals surface area (Å²) in [6.07, 6.45) is 0.160. The molecule has 31 heavy (non-hydrogen) atoms. The molecule has 160 valence electrons. The molecule has 0 spiro atoms. The molecule has 0 aromatic heterocycles. The van der Waals surface area contributed by atoms with Crippen molar-refractivity contribution in [1.82, 2.24) is 5.32 Å². The van der Waals surface area contributed by atoms with Gasteiger partial charge in [-0.1, -0.05) is 40.9 Å². The van der Waals surface area contributed by atoms with E-state index < -0.39 is 6.17 Å². The van der Waals surface area contributed by atoms with Gasteiger partial charge < -0.3 is 9.84 Å². The number of hydrogen-bond acceptors (Lipinski definition) is 4. The first-order chi connectivity index (χ1) is 14.9. The molecule has 2 N–H and O–H groups in total. The van der Waals surface area contributed by atoms with Crippen LogP contribution in [-0.4, -0.2) is 17.4 Å². The topological polar surface area (TPSA) is 53.8 Å². The smallest absolute Gasteiger partial charge is 0.127 e. The van der Waals surface area contributed by atoms with Crippen molar-refractivity contribution >= 4 is 40.5 Å². The van der Waals surface area contributed by atoms with E-state index >= 15 is 0 Å². The van der Waals surface area contributed by atoms with Crippen LogP contribution in [0.15, 0.2) is 65.7 Å². The van der Waals surface area contributed by atoms with E-state index in [-0.39, 0.29) is 11.8 Å². The van der Waals surface area contributed by atoms with E-state index in [2.05, 4.69) is 5.32 Å². The number of nitrogens with one attached hydrogen (secondary N) is 1. The van der Waals surface area contributed by atoms with Gasteiger partial charge in [0, 0.05) is 44.4 Å². The molecule has 3 aromatic rings. The lowest BCUT2D eigenvalue weighted by Gasteiger charge is -2.31. The zero-order chi connectivity index (χ0) is 22.0. The molecule has 0 fully saturated rings. The van der Waals surface area contributed by atoms with Crippen LogP contribution < -0.4 is 10.1 Å². The molecule has 3 aromatic carbocycles. The van der Waals surface area contributed by atoms with Gasteiger partial charge in [-0.15, -0.1) is 0 Å². The van der Waals surface area contributed by atoms with Crippen molar-refractivity contribution in [3.05, 3.63) is 92.4 Å². The van der Waals surface area contributed by atoms with Gasteiger partial charge in [-0.2, -0.15) is 0 Å². The van der Waals surface area contributed by atoms with Crippen molar-refractivity contribution in [3.63, 3.8) is 0 Å². The van der Waals surface area contributed by atoms with E-state index in [0.717, 1.165) is 22.6 Å². The van der Waals surface area contributed by atoms with Gasteiger partial charge in [0.25, 0.3) is 0 Å². The molecule has 4 nitrogen and oxygen atoms in total. The van der Waals surface area contributed by atoms with E-state index in [1.807, 2.05) is 37.3 Å². The minimum Gasteiger partial charge on any atom is -0.508 e. The van der Waals surface area contributed by atoms with E-state index in [0.29, 0.717) is 33.7 Å². The third-order valence-corrected chi connectivity index (χ3v) is 5.96. The SMILES string of the molecule is CCOc1ccc(C2=N[C@@H](c3ccc(Cl)cc3Cl)N[C@H](c3cc(Cl)ccc3O)C2)cc1. The highest BCUT2D eigenvalue weighted by Crippen LogP contribution is 2.37. The largest absolute Gasteiger partial charge is 0.508 e. The summed E-state index contributed by atoms with van der Waals surface area (Å²) in [6, 6.07) is 18.0. The van der Waals surface area contributed by atoms with Crippen molar-refractivity contribution < 1.29 is 9.84 Å². The number of halogens is 3. The van der Waals surface area contributed by atoms with Crippen LogP contribution in [0, 0.1) is 0 Å². The first kappa shape index (κ1) is 22.0. The number of phenols is 1. The molecule has 0 saturated carbocycles. The summed E-state index contributed by atoms with van der Waals surface area (Å²) >= 11 is 18.8. The monoisotopic (exact) mass is 474 g/mol. The number of ether oxygens (including phenoxy) is 1. The average Bonchev–Trinajstić information content (AvgIpc) is 2.76. The minimum atomic E-state index is -0.413. The standard InChI is InChI=1S/C24H21Cl3N2O2/c1-2-31-17-7-3-14(4-8-17)21-13-22(19-11-15(25)6-10-23(19)30)29-24(28-21)18-9-5-16(26)12-20(18)27/h3-12,22,24,29-30H,2,13H2,1H3/t22-,24+/m0/s1. The zero-order valence-electron chi connectivity index (χ0n) is 16.8. The first-order valence-corrected chi connectivity index (χ1v) is 11.1. The molecular formula is C24H21Cl3N2O2. The summed E-state index contributed by atoms with van der Waals surface area (Å²) in [6.45, 7) is 2.56. The normalized spacial score (nSPS) is 18.5. The van der Waals surface area contributed by atoms with Crippen molar-refractivity contribution in [2.45, 2.75) is 25.6 Å². The number of nitrogens with zero attached hydrogens (tertiary/aromatic N) is 1. The lowest BCUT2D eigenvalue weighted by Crippen LogP contribution is -2.33. The fourth-order valence-corrected chi connectivity index (χ4v) is 4.37. The third-order valence-electron chi connectivity index (χ3n) is 5.16. The van der Waals surface area contributed by atoms with Gasteiger partial charge in [0.15, 0.2) is 0 Å². The summed E-state index contributed by atoms with van der Waals surface area (Å²) in [5.74, 6) is 0.984. The quantitative estimate of drug-likeness (QED) is 0.419. The van der Waals surface area contributed by atoms with E-state index in [1.165, 1.54) is 0 Å². The Morgan fingerprint density at radius 3 is 2.39 bits per heavy atom. The molecule has 0 bridgehead atoms. The summed E-state index contributed by atoms with van der Waals surface area (Å²) in [5.41, 5.74) is 3.38. The van der Waals surface area contributed by atoms with E-state index in [9.17, 15) is 5.11 Å². The second-order valence-electron chi connectivity index (χ2n) is 7.23. The van der Waals surface area contributed by atoms with Crippen LogP contribution in [0.1, 0.15) is 42.2 Å². The fraction of sp³-hybridized carbons (Fsp3) is 0.208. The fourth-order valence-electron chi connectivity index (χ4n) is 3.68. The number of rotatable bonds is 5. The van der Waals surface area contributed by atoms with Crippen LogP contribution in [0.5, 0.6) is 11.5 Å². The van der Waals surface area contributed by atoms with Crippen LogP contribution in [0.25, 0.3) is 0 Å². The molecule has 0 aliphatic carbocycles. The lowest BCUT2D eigenvalue weighted by atomic mass is 9.93. The molecule has 1 aliphatic heterocycles. The van der Waals surface area contributed by atoms with Gasteiger partial charge in [0.1, 0.15) is 17.7 Å². The molecule has 1 heterocycles. The van der Waals surface area contributed by atoms with E-state index in [1.54, 1.807) is 30.3 Å². The maximum atomic E-state index is 10.5. The average molecular weight is 476 g/mol. The molecule has 7 heteroatoms. The number of benzene rings is 3. The molecule has 0 radical (unpaired) electrons. The van der Waals surface area contributed by atoms with Crippen LogP contribution in [0.3, 0.4) is 0 Å². The molecule has 0 unspecified atom stereocenters. The zero-order valence-corrected chi connectivity index (χ0v) is 19.0. The predicted molar refractivity (Wildman–Crippen MR) is 127 cm³/mol. The van der Waals surface area contributed by atoms with Crippen LogP contribution in [0.2, 0.25) is 15.1 Å². The minimum absolute atomic E-state index is 0.177. The summed E-state index contributed by atoms with van der Waals surface area (Å²) in [5, 5.41) is 15.6. The lowest BCUT2D eigenvalue weighted by molar-refractivity contribution is 0.340. The highest BCUT2D eigenvalue weighted by molar-refractivity contribution is 6.35. The van der Waals surface area contributed by atoms with Crippen molar-refractivity contribution in [2.75, 3.05) is 6.61 Å². The number of phenolic OH excluding ortho intramolecular Hbond substituents is 1. The van der Waals surface area contributed by atoms with Crippen LogP contribution >= 0.6 is 34.8 Å². The molecule has 1 aliphatic rings. The maximum absolute atomic E-state index is 10.5. The van der Waals surface area contributed by atoms with Gasteiger partial charge in [-0.05, 0) is 67.1 Å². The Morgan fingerprint density at radius 1 is 0.968 bits per heavy atom. The number of hydrogen-bond donors (Lipinski definition) is 2. The molecule has 0 amide bonds. The van der Waals surface area contributed by atoms with Crippen LogP contribution in [-0.2, 0) is 0 Å². The highest BCUT2D eigenvalue weighted by Gasteiger charge is 2.29. The summed E-state index contributed by atoms with van der Waals surface area (Å²) < 4.78 is 5.56. The van der Waals surface area contributed by atoms with Crippen molar-refractivity contribution in [3.8, 4) is 11.5 Å². The van der Waals surface area contributed by atoms with Gasteiger partial charge in [-0.3, -0.25) is 10.3 Å². The summed E-state index contributed by atoms with van der Waals surface area (Å²) in [7, 11) is 0. The molecule has 2 atom stereocenters. The Morgan fingerprint density at radius 2 is 1.68 bits per heavy atom. The Bertz CT molecular complexity index is 1120. The first-order valence-electron chi connectivity index (χ1n) is 9.94. The molecular weight excluding hydrogens is 455 g/mol. The maximum Gasteiger partial charge on any atom is 0.127 e. The summed E-state index contributed by atoms with van der Waals surface area (Å²) in [4.78, 5) is 4.94. The van der Waals surface area contributed by atoms with E-state index in [4.69, 9.17) is 44.5 Å². The van der Waals surface area contributed by atoms with Gasteiger partial charge >= 0.3 is 0 Å². The second-order valence-corrected chi connectivity index (χ2v) is 8.51. The van der Waals surface area contributed by atoms with Gasteiger partial charge in [-0.25, -0.2) is 0 Å². The van der Waals surface area contributed by atoms with Crippen molar-refractivity contribution in [2.24, 2.45) is 4.99 Å². The number of aromatic hydroxyl groups is 1. The van der Waals surface area contributed by atoms with Gasteiger partial charge in [0.05, 0.1) is 6.61 Å². The highest BCUT2D eigenvalue weighted by atomic mass is 35.5.